The van der Waals surface area contributed by atoms with Crippen LogP contribution in [0.1, 0.15) is 29.3 Å². The Hall–Kier alpha value is -1.62. The first kappa shape index (κ1) is 14.8. The zero-order chi connectivity index (χ0) is 14.9. The molecule has 2 rings (SSSR count). The number of nitrogen functional groups attached to an aromatic ring is 1. The van der Waals surface area contributed by atoms with Gasteiger partial charge in [0.15, 0.2) is 0 Å². The summed E-state index contributed by atoms with van der Waals surface area (Å²) in [6, 6.07) is 3.02. The molecule has 0 bridgehead atoms. The summed E-state index contributed by atoms with van der Waals surface area (Å²) in [5.41, 5.74) is 6.53. The molecule has 110 valence electrons. The van der Waals surface area contributed by atoms with Crippen molar-refractivity contribution >= 4 is 11.6 Å². The van der Waals surface area contributed by atoms with Gasteiger partial charge >= 0.3 is 0 Å². The first-order chi connectivity index (χ1) is 9.38. The minimum atomic E-state index is -0.489. The Bertz CT molecular complexity index is 518. The molecule has 5 heteroatoms. The third-order valence-electron chi connectivity index (χ3n) is 3.95. The van der Waals surface area contributed by atoms with E-state index in [1.54, 1.807) is 6.92 Å². The van der Waals surface area contributed by atoms with Gasteiger partial charge in [0.25, 0.3) is 5.91 Å². The van der Waals surface area contributed by atoms with E-state index in [4.69, 9.17) is 5.73 Å². The minimum Gasteiger partial charge on any atom is -0.399 e. The average molecular weight is 279 g/mol. The van der Waals surface area contributed by atoms with E-state index in [0.717, 1.165) is 19.5 Å². The van der Waals surface area contributed by atoms with Gasteiger partial charge in [-0.1, -0.05) is 6.92 Å². The van der Waals surface area contributed by atoms with Crippen LogP contribution in [0.5, 0.6) is 0 Å². The van der Waals surface area contributed by atoms with Crippen LogP contribution in [0.4, 0.5) is 10.1 Å². The Kier molecular flexibility index (Phi) is 4.28. The van der Waals surface area contributed by atoms with Crippen LogP contribution in [-0.4, -0.2) is 37.0 Å². The lowest BCUT2D eigenvalue weighted by atomic mass is 9.94. The summed E-state index contributed by atoms with van der Waals surface area (Å²) < 4.78 is 14.0. The van der Waals surface area contributed by atoms with Gasteiger partial charge < -0.3 is 16.0 Å². The predicted octanol–water partition coefficient (Wildman–Crippen LogP) is 1.79. The molecule has 2 atom stereocenters. The number of aryl methyl sites for hydroxylation is 1. The predicted molar refractivity (Wildman–Crippen MR) is 78.1 cm³/mol. The third-order valence-corrected chi connectivity index (χ3v) is 3.95. The Balaban J connectivity index is 2.13. The average Bonchev–Trinajstić information content (AvgIpc) is 2.37. The van der Waals surface area contributed by atoms with E-state index >= 15 is 0 Å². The molecule has 1 aromatic rings. The van der Waals surface area contributed by atoms with Crippen LogP contribution in [0.2, 0.25) is 0 Å². The standard InChI is InChI=1S/C15H22FN3O/c1-9-6-11(17)7-12(14(9)16)15(20)18-13-4-5-19(3)8-10(13)2/h6-7,10,13H,4-5,8,17H2,1-3H3,(H,18,20). The summed E-state index contributed by atoms with van der Waals surface area (Å²) >= 11 is 0. The molecule has 0 spiro atoms. The number of carbonyl (C=O) groups excluding carboxylic acids is 1. The van der Waals surface area contributed by atoms with Gasteiger partial charge in [-0.3, -0.25) is 4.79 Å². The molecule has 0 aromatic heterocycles. The van der Waals surface area contributed by atoms with E-state index in [1.807, 2.05) is 0 Å². The minimum absolute atomic E-state index is 0.0358. The molecule has 1 fully saturated rings. The maximum Gasteiger partial charge on any atom is 0.254 e. The van der Waals surface area contributed by atoms with Crippen molar-refractivity contribution < 1.29 is 9.18 Å². The quantitative estimate of drug-likeness (QED) is 0.811. The number of anilines is 1. The van der Waals surface area contributed by atoms with Gasteiger partial charge in [0.05, 0.1) is 5.56 Å². The second-order valence-corrected chi connectivity index (χ2v) is 5.81. The molecule has 1 aliphatic heterocycles. The normalized spacial score (nSPS) is 23.6. The summed E-state index contributed by atoms with van der Waals surface area (Å²) in [4.78, 5) is 14.5. The van der Waals surface area contributed by atoms with Crippen LogP contribution in [0.3, 0.4) is 0 Å². The lowest BCUT2D eigenvalue weighted by Crippen LogP contribution is -2.49. The maximum absolute atomic E-state index is 14.0. The number of piperidine rings is 1. The van der Waals surface area contributed by atoms with Crippen molar-refractivity contribution in [2.75, 3.05) is 25.9 Å². The van der Waals surface area contributed by atoms with E-state index in [-0.39, 0.29) is 17.5 Å². The Morgan fingerprint density at radius 3 is 2.85 bits per heavy atom. The number of benzene rings is 1. The van der Waals surface area contributed by atoms with Crippen LogP contribution in [0.15, 0.2) is 12.1 Å². The molecule has 0 radical (unpaired) electrons. The van der Waals surface area contributed by atoms with Gasteiger partial charge in [0, 0.05) is 18.3 Å². The summed E-state index contributed by atoms with van der Waals surface area (Å²) in [6.45, 7) is 5.58. The molecule has 1 amide bonds. The van der Waals surface area contributed by atoms with Crippen molar-refractivity contribution in [1.82, 2.24) is 10.2 Å². The molecule has 3 N–H and O–H groups in total. The Morgan fingerprint density at radius 2 is 2.20 bits per heavy atom. The first-order valence-corrected chi connectivity index (χ1v) is 6.93. The third kappa shape index (κ3) is 3.10. The van der Waals surface area contributed by atoms with E-state index < -0.39 is 5.82 Å². The smallest absolute Gasteiger partial charge is 0.254 e. The fraction of sp³-hybridized carbons (Fsp3) is 0.533. The van der Waals surface area contributed by atoms with E-state index in [0.29, 0.717) is 17.2 Å². The van der Waals surface area contributed by atoms with Crippen molar-refractivity contribution in [3.63, 3.8) is 0 Å². The van der Waals surface area contributed by atoms with Gasteiger partial charge in [-0.25, -0.2) is 4.39 Å². The fourth-order valence-electron chi connectivity index (χ4n) is 2.78. The number of amides is 1. The summed E-state index contributed by atoms with van der Waals surface area (Å²) in [5.74, 6) is -0.514. The largest absolute Gasteiger partial charge is 0.399 e. The molecule has 4 nitrogen and oxygen atoms in total. The molecule has 20 heavy (non-hydrogen) atoms. The van der Waals surface area contributed by atoms with Crippen LogP contribution in [-0.2, 0) is 0 Å². The molecule has 0 saturated carbocycles. The number of nitrogens with zero attached hydrogens (tertiary/aromatic N) is 1. The number of halogens is 1. The molecular weight excluding hydrogens is 257 g/mol. The SMILES string of the molecule is Cc1cc(N)cc(C(=O)NC2CCN(C)CC2C)c1F. The highest BCUT2D eigenvalue weighted by Gasteiger charge is 2.26. The number of hydrogen-bond acceptors (Lipinski definition) is 3. The van der Waals surface area contributed by atoms with Gasteiger partial charge in [0.1, 0.15) is 5.82 Å². The number of hydrogen-bond donors (Lipinski definition) is 2. The Morgan fingerprint density at radius 1 is 1.50 bits per heavy atom. The van der Waals surface area contributed by atoms with Crippen molar-refractivity contribution in [3.05, 3.63) is 29.1 Å². The monoisotopic (exact) mass is 279 g/mol. The van der Waals surface area contributed by atoms with Crippen molar-refractivity contribution in [1.29, 1.82) is 0 Å². The highest BCUT2D eigenvalue weighted by atomic mass is 19.1. The molecule has 1 aromatic carbocycles. The van der Waals surface area contributed by atoms with Crippen molar-refractivity contribution in [2.24, 2.45) is 5.92 Å². The number of nitrogens with two attached hydrogens (primary N) is 1. The molecule has 2 unspecified atom stereocenters. The second kappa shape index (κ2) is 5.79. The van der Waals surface area contributed by atoms with Gasteiger partial charge in [-0.15, -0.1) is 0 Å². The van der Waals surface area contributed by atoms with E-state index in [9.17, 15) is 9.18 Å². The lowest BCUT2D eigenvalue weighted by molar-refractivity contribution is 0.0879. The fourth-order valence-corrected chi connectivity index (χ4v) is 2.78. The van der Waals surface area contributed by atoms with Crippen LogP contribution < -0.4 is 11.1 Å². The van der Waals surface area contributed by atoms with Gasteiger partial charge in [-0.2, -0.15) is 0 Å². The number of carbonyl (C=O) groups is 1. The lowest BCUT2D eigenvalue weighted by Gasteiger charge is -2.35. The Labute approximate surface area is 119 Å². The number of nitrogens with one attached hydrogen (secondary N) is 1. The molecular formula is C15H22FN3O. The maximum atomic E-state index is 14.0. The number of likely N-dealkylation sites (tertiary alicyclic amines) is 1. The zero-order valence-corrected chi connectivity index (χ0v) is 12.2. The zero-order valence-electron chi connectivity index (χ0n) is 12.2. The van der Waals surface area contributed by atoms with Gasteiger partial charge in [0.2, 0.25) is 0 Å². The highest BCUT2D eigenvalue weighted by Crippen LogP contribution is 2.19. The second-order valence-electron chi connectivity index (χ2n) is 5.81. The molecule has 1 heterocycles. The van der Waals surface area contributed by atoms with Crippen molar-refractivity contribution in [3.8, 4) is 0 Å². The number of rotatable bonds is 2. The molecule has 0 aliphatic carbocycles. The molecule has 1 aliphatic rings. The summed E-state index contributed by atoms with van der Waals surface area (Å²) in [7, 11) is 2.06. The first-order valence-electron chi connectivity index (χ1n) is 6.93. The topological polar surface area (TPSA) is 58.4 Å². The summed E-state index contributed by atoms with van der Waals surface area (Å²) in [5, 5.41) is 2.94. The van der Waals surface area contributed by atoms with E-state index in [1.165, 1.54) is 12.1 Å². The molecule has 1 saturated heterocycles. The summed E-state index contributed by atoms with van der Waals surface area (Å²) in [6.07, 6.45) is 0.881. The van der Waals surface area contributed by atoms with Crippen LogP contribution in [0, 0.1) is 18.7 Å². The van der Waals surface area contributed by atoms with Crippen molar-refractivity contribution in [2.45, 2.75) is 26.3 Å². The van der Waals surface area contributed by atoms with Gasteiger partial charge in [-0.05, 0) is 50.6 Å². The van der Waals surface area contributed by atoms with E-state index in [2.05, 4.69) is 24.2 Å². The van der Waals surface area contributed by atoms with Crippen LogP contribution >= 0.6 is 0 Å². The van der Waals surface area contributed by atoms with Crippen LogP contribution in [0.25, 0.3) is 0 Å². The highest BCUT2D eigenvalue weighted by molar-refractivity contribution is 5.95.